The van der Waals surface area contributed by atoms with Gasteiger partial charge in [-0.25, -0.2) is 4.98 Å². The molecule has 0 N–H and O–H groups in total. The van der Waals surface area contributed by atoms with Crippen LogP contribution in [-0.2, 0) is 6.42 Å². The summed E-state index contributed by atoms with van der Waals surface area (Å²) >= 11 is 0. The fourth-order valence-corrected chi connectivity index (χ4v) is 5.78. The lowest BCUT2D eigenvalue weighted by Gasteiger charge is -2.08. The van der Waals surface area contributed by atoms with Gasteiger partial charge in [0.2, 0.25) is 5.78 Å². The number of rotatable bonds is 2. The van der Waals surface area contributed by atoms with Gasteiger partial charge in [-0.1, -0.05) is 78.9 Å². The summed E-state index contributed by atoms with van der Waals surface area (Å²) in [7, 11) is 0. The van der Waals surface area contributed by atoms with Crippen molar-refractivity contribution < 1.29 is 0 Å². The molecular weight excluding hydrogens is 426 g/mol. The molecule has 0 fully saturated rings. The quantitative estimate of drug-likeness (QED) is 0.266. The van der Waals surface area contributed by atoms with Crippen molar-refractivity contribution >= 4 is 27.8 Å². The Kier molecular flexibility index (Phi) is 3.72. The van der Waals surface area contributed by atoms with E-state index >= 15 is 0 Å². The molecule has 0 aliphatic heterocycles. The van der Waals surface area contributed by atoms with Gasteiger partial charge in [0.15, 0.2) is 0 Å². The summed E-state index contributed by atoms with van der Waals surface area (Å²) in [4.78, 5) is 5.27. The summed E-state index contributed by atoms with van der Waals surface area (Å²) in [6.45, 7) is 0. The van der Waals surface area contributed by atoms with E-state index in [1.165, 1.54) is 33.4 Å². The second-order valence-electron chi connectivity index (χ2n) is 9.29. The Hall–Kier alpha value is -4.63. The van der Waals surface area contributed by atoms with Crippen LogP contribution in [0.25, 0.3) is 55.8 Å². The van der Waals surface area contributed by atoms with Gasteiger partial charge in [-0.3, -0.25) is 8.97 Å². The van der Waals surface area contributed by atoms with Crippen LogP contribution in [0.15, 0.2) is 115 Å². The molecule has 2 aromatic heterocycles. The van der Waals surface area contributed by atoms with Crippen LogP contribution in [0.3, 0.4) is 0 Å². The van der Waals surface area contributed by atoms with E-state index in [1.54, 1.807) is 0 Å². The van der Waals surface area contributed by atoms with Crippen LogP contribution < -0.4 is 0 Å². The van der Waals surface area contributed by atoms with E-state index in [-0.39, 0.29) is 0 Å². The first kappa shape index (κ1) is 18.8. The van der Waals surface area contributed by atoms with Crippen molar-refractivity contribution in [2.45, 2.75) is 6.42 Å². The van der Waals surface area contributed by atoms with Crippen LogP contribution in [0.5, 0.6) is 0 Å². The average Bonchev–Trinajstić information content (AvgIpc) is 3.57. The molecule has 7 aromatic rings. The fourth-order valence-electron chi connectivity index (χ4n) is 5.78. The molecule has 35 heavy (non-hydrogen) atoms. The van der Waals surface area contributed by atoms with Crippen molar-refractivity contribution in [1.82, 2.24) is 14.0 Å². The van der Waals surface area contributed by atoms with Gasteiger partial charge >= 0.3 is 0 Å². The van der Waals surface area contributed by atoms with E-state index in [4.69, 9.17) is 4.98 Å². The van der Waals surface area contributed by atoms with Crippen LogP contribution in [0.1, 0.15) is 11.1 Å². The molecule has 0 atom stereocenters. The number of imidazole rings is 2. The summed E-state index contributed by atoms with van der Waals surface area (Å²) in [5, 5.41) is 0. The van der Waals surface area contributed by atoms with Gasteiger partial charge in [0, 0.05) is 11.3 Å². The summed E-state index contributed by atoms with van der Waals surface area (Å²) in [5.74, 6) is 0.936. The van der Waals surface area contributed by atoms with Gasteiger partial charge < -0.3 is 0 Å². The Bertz CT molecular complexity index is 1920. The molecule has 0 bridgehead atoms. The first-order valence-corrected chi connectivity index (χ1v) is 12.0. The Balaban J connectivity index is 1.42. The topological polar surface area (TPSA) is 22.2 Å². The Morgan fingerprint density at radius 2 is 1.26 bits per heavy atom. The maximum Gasteiger partial charge on any atom is 0.220 e. The third-order valence-electron chi connectivity index (χ3n) is 7.35. The maximum atomic E-state index is 5.27. The van der Waals surface area contributed by atoms with Crippen molar-refractivity contribution in [3.63, 3.8) is 0 Å². The molecule has 8 rings (SSSR count). The van der Waals surface area contributed by atoms with Crippen molar-refractivity contribution in [2.24, 2.45) is 0 Å². The third-order valence-corrected chi connectivity index (χ3v) is 7.35. The Labute approximate surface area is 202 Å². The molecule has 0 radical (unpaired) electrons. The monoisotopic (exact) mass is 447 g/mol. The summed E-state index contributed by atoms with van der Waals surface area (Å²) in [5.41, 5.74) is 13.5. The summed E-state index contributed by atoms with van der Waals surface area (Å²) in [6, 6.07) is 41.2. The lowest BCUT2D eigenvalue weighted by atomic mass is 9.98. The molecule has 2 heterocycles. The molecule has 0 saturated carbocycles. The van der Waals surface area contributed by atoms with Gasteiger partial charge in [-0.2, -0.15) is 0 Å². The highest BCUT2D eigenvalue weighted by atomic mass is 15.2. The van der Waals surface area contributed by atoms with Crippen molar-refractivity contribution in [3.05, 3.63) is 126 Å². The smallest absolute Gasteiger partial charge is 0.220 e. The van der Waals surface area contributed by atoms with E-state index in [2.05, 4.69) is 124 Å². The van der Waals surface area contributed by atoms with Gasteiger partial charge in [0.1, 0.15) is 0 Å². The van der Waals surface area contributed by atoms with Crippen LogP contribution in [0.4, 0.5) is 0 Å². The number of nitrogens with zero attached hydrogens (tertiary/aromatic N) is 3. The minimum Gasteiger partial charge on any atom is -0.278 e. The summed E-state index contributed by atoms with van der Waals surface area (Å²) in [6.07, 6.45) is 1.01. The molecule has 164 valence electrons. The number of hydrogen-bond donors (Lipinski definition) is 0. The standard InChI is InChI=1S/C32H21N3/c1-2-10-24(11-3-1)34-28-14-6-7-15-29(28)35-30-16-8-13-26(31(30)33-32(34)35)23-18-17-22-19-21-9-4-5-12-25(21)27(22)20-23/h1-18,20H,19H2. The number of hydrogen-bond acceptors (Lipinski definition) is 1. The highest BCUT2D eigenvalue weighted by Gasteiger charge is 2.21. The molecule has 1 aliphatic rings. The number of para-hydroxylation sites is 4. The SMILES string of the molecule is c1ccc(-n2c3ccccc3n3c4cccc(-c5ccc6c(c5)-c5ccccc5C6)c4nc23)cc1. The molecule has 3 heteroatoms. The van der Waals surface area contributed by atoms with Crippen molar-refractivity contribution in [2.75, 3.05) is 0 Å². The van der Waals surface area contributed by atoms with E-state index in [0.29, 0.717) is 0 Å². The molecule has 1 aliphatic carbocycles. The van der Waals surface area contributed by atoms with Crippen LogP contribution in [-0.4, -0.2) is 14.0 Å². The first-order valence-electron chi connectivity index (χ1n) is 12.0. The second kappa shape index (κ2) is 6.94. The molecule has 5 aromatic carbocycles. The molecule has 3 nitrogen and oxygen atoms in total. The molecule has 0 amide bonds. The van der Waals surface area contributed by atoms with Gasteiger partial charge in [0.25, 0.3) is 0 Å². The Morgan fingerprint density at radius 1 is 0.543 bits per heavy atom. The highest BCUT2D eigenvalue weighted by Crippen LogP contribution is 2.40. The fraction of sp³-hybridized carbons (Fsp3) is 0.0312. The molecule has 0 spiro atoms. The first-order chi connectivity index (χ1) is 17.4. The zero-order valence-electron chi connectivity index (χ0n) is 19.0. The van der Waals surface area contributed by atoms with E-state index < -0.39 is 0 Å². The minimum absolute atomic E-state index is 0.936. The lowest BCUT2D eigenvalue weighted by molar-refractivity contribution is 1.11. The normalized spacial score (nSPS) is 12.5. The van der Waals surface area contributed by atoms with Gasteiger partial charge in [-0.15, -0.1) is 0 Å². The van der Waals surface area contributed by atoms with E-state index in [9.17, 15) is 0 Å². The zero-order chi connectivity index (χ0) is 22.9. The number of aromatic nitrogens is 3. The molecule has 0 saturated heterocycles. The largest absolute Gasteiger partial charge is 0.278 e. The van der Waals surface area contributed by atoms with E-state index in [1.807, 2.05) is 0 Å². The van der Waals surface area contributed by atoms with Gasteiger partial charge in [-0.05, 0) is 70.6 Å². The predicted molar refractivity (Wildman–Crippen MR) is 143 cm³/mol. The molecule has 0 unspecified atom stereocenters. The van der Waals surface area contributed by atoms with Gasteiger partial charge in [0.05, 0.1) is 22.1 Å². The highest BCUT2D eigenvalue weighted by molar-refractivity contribution is 5.99. The van der Waals surface area contributed by atoms with Crippen LogP contribution in [0.2, 0.25) is 0 Å². The third kappa shape index (κ3) is 2.58. The van der Waals surface area contributed by atoms with Crippen molar-refractivity contribution in [1.29, 1.82) is 0 Å². The van der Waals surface area contributed by atoms with E-state index in [0.717, 1.165) is 40.0 Å². The zero-order valence-corrected chi connectivity index (χ0v) is 19.0. The molecular formula is C32H21N3. The second-order valence-corrected chi connectivity index (χ2v) is 9.29. The minimum atomic E-state index is 0.936. The number of benzene rings is 5. The summed E-state index contributed by atoms with van der Waals surface area (Å²) < 4.78 is 4.56. The number of fused-ring (bicyclic) bond motifs is 8. The maximum absolute atomic E-state index is 5.27. The van der Waals surface area contributed by atoms with Crippen molar-refractivity contribution in [3.8, 4) is 27.9 Å². The average molecular weight is 448 g/mol. The Morgan fingerprint density at radius 3 is 2.17 bits per heavy atom. The van der Waals surface area contributed by atoms with Crippen LogP contribution >= 0.6 is 0 Å². The predicted octanol–water partition coefficient (Wildman–Crippen LogP) is 7.67. The lowest BCUT2D eigenvalue weighted by Crippen LogP contribution is -1.94. The van der Waals surface area contributed by atoms with Crippen LogP contribution in [0, 0.1) is 0 Å².